The van der Waals surface area contributed by atoms with Crippen LogP contribution in [0.5, 0.6) is 0 Å². The van der Waals surface area contributed by atoms with Crippen molar-refractivity contribution in [2.24, 2.45) is 11.7 Å². The Morgan fingerprint density at radius 1 is 1.29 bits per heavy atom. The minimum atomic E-state index is -3.39. The molecular weight excluding hydrogens is 286 g/mol. The second kappa shape index (κ2) is 6.47. The molecule has 0 saturated heterocycles. The van der Waals surface area contributed by atoms with Gasteiger partial charge in [0.2, 0.25) is 10.0 Å². The monoisotopic (exact) mass is 309 g/mol. The molecule has 0 heterocycles. The van der Waals surface area contributed by atoms with Crippen LogP contribution in [0.15, 0.2) is 24.3 Å². The van der Waals surface area contributed by atoms with Crippen molar-refractivity contribution < 1.29 is 8.42 Å². The normalized spacial score (nSPS) is 16.6. The molecular formula is C15H23N3O2S. The lowest BCUT2D eigenvalue weighted by atomic mass is 9.91. The molecule has 1 aliphatic rings. The predicted octanol–water partition coefficient (Wildman–Crippen LogP) is 2.32. The van der Waals surface area contributed by atoms with Crippen LogP contribution in [0.4, 0.5) is 5.69 Å². The van der Waals surface area contributed by atoms with Crippen molar-refractivity contribution in [3.63, 3.8) is 0 Å². The van der Waals surface area contributed by atoms with E-state index in [-0.39, 0.29) is 17.5 Å². The summed E-state index contributed by atoms with van der Waals surface area (Å²) in [6.07, 6.45) is 5.42. The third-order valence-electron chi connectivity index (χ3n) is 4.12. The maximum Gasteiger partial charge on any atom is 0.235 e. The minimum Gasteiger partial charge on any atom is -0.384 e. The molecule has 0 aromatic heterocycles. The van der Waals surface area contributed by atoms with E-state index in [1.54, 1.807) is 31.3 Å². The number of anilines is 1. The lowest BCUT2D eigenvalue weighted by molar-refractivity contribution is 0.385. The molecule has 0 bridgehead atoms. The van der Waals surface area contributed by atoms with Crippen molar-refractivity contribution in [1.82, 2.24) is 0 Å². The summed E-state index contributed by atoms with van der Waals surface area (Å²) in [6, 6.07) is 6.87. The average Bonchev–Trinajstić information content (AvgIpc) is 2.47. The fraction of sp³-hybridized carbons (Fsp3) is 0.533. The third-order valence-corrected chi connectivity index (χ3v) is 6.05. The molecule has 0 aliphatic heterocycles. The molecule has 2 rings (SSSR count). The lowest BCUT2D eigenvalue weighted by Crippen LogP contribution is -2.34. The van der Waals surface area contributed by atoms with Crippen molar-refractivity contribution in [1.29, 1.82) is 5.41 Å². The maximum atomic E-state index is 12.6. The lowest BCUT2D eigenvalue weighted by Gasteiger charge is -2.26. The molecule has 1 aromatic carbocycles. The quantitative estimate of drug-likeness (QED) is 0.646. The van der Waals surface area contributed by atoms with Crippen LogP contribution in [0.3, 0.4) is 0 Å². The van der Waals surface area contributed by atoms with E-state index in [1.807, 2.05) is 0 Å². The van der Waals surface area contributed by atoms with Gasteiger partial charge in [-0.25, -0.2) is 8.42 Å². The number of nitrogens with zero attached hydrogens (tertiary/aromatic N) is 1. The Hall–Kier alpha value is -1.56. The topological polar surface area (TPSA) is 87.2 Å². The molecule has 5 nitrogen and oxygen atoms in total. The van der Waals surface area contributed by atoms with Crippen molar-refractivity contribution in [2.45, 2.75) is 32.1 Å². The second-order valence-corrected chi connectivity index (χ2v) is 7.73. The van der Waals surface area contributed by atoms with Gasteiger partial charge in [0.1, 0.15) is 5.84 Å². The van der Waals surface area contributed by atoms with Gasteiger partial charge in [-0.2, -0.15) is 0 Å². The van der Waals surface area contributed by atoms with Gasteiger partial charge in [-0.05, 0) is 30.9 Å². The van der Waals surface area contributed by atoms with Gasteiger partial charge in [0, 0.05) is 12.6 Å². The number of hydrogen-bond donors (Lipinski definition) is 2. The Bertz CT molecular complexity index is 607. The van der Waals surface area contributed by atoms with E-state index in [2.05, 4.69) is 0 Å². The van der Waals surface area contributed by atoms with Gasteiger partial charge in [-0.1, -0.05) is 31.4 Å². The van der Waals surface area contributed by atoms with Crippen molar-refractivity contribution in [3.05, 3.63) is 29.8 Å². The smallest absolute Gasteiger partial charge is 0.235 e. The van der Waals surface area contributed by atoms with Crippen molar-refractivity contribution in [3.8, 4) is 0 Å². The van der Waals surface area contributed by atoms with Gasteiger partial charge in [0.15, 0.2) is 0 Å². The van der Waals surface area contributed by atoms with Crippen molar-refractivity contribution >= 4 is 21.5 Å². The zero-order chi connectivity index (χ0) is 15.5. The molecule has 6 heteroatoms. The third kappa shape index (κ3) is 3.75. The first kappa shape index (κ1) is 15.8. The van der Waals surface area contributed by atoms with Crippen molar-refractivity contribution in [2.75, 3.05) is 17.1 Å². The number of nitrogens with two attached hydrogens (primary N) is 1. The minimum absolute atomic E-state index is 0.120. The molecule has 0 spiro atoms. The Labute approximate surface area is 126 Å². The molecule has 1 fully saturated rings. The van der Waals surface area contributed by atoms with Gasteiger partial charge in [-0.15, -0.1) is 0 Å². The molecule has 0 atom stereocenters. The summed E-state index contributed by atoms with van der Waals surface area (Å²) >= 11 is 0. The predicted molar refractivity (Wildman–Crippen MR) is 86.2 cm³/mol. The van der Waals surface area contributed by atoms with Crippen LogP contribution in [-0.2, 0) is 10.0 Å². The van der Waals surface area contributed by atoms with E-state index in [9.17, 15) is 8.42 Å². The number of nitrogen functional groups attached to an aromatic ring is 1. The van der Waals surface area contributed by atoms with Crippen LogP contribution in [0.25, 0.3) is 0 Å². The first-order chi connectivity index (χ1) is 9.92. The van der Waals surface area contributed by atoms with Crippen LogP contribution in [0.1, 0.15) is 37.7 Å². The second-order valence-electron chi connectivity index (χ2n) is 5.68. The highest BCUT2D eigenvalue weighted by molar-refractivity contribution is 7.92. The van der Waals surface area contributed by atoms with Gasteiger partial charge in [-0.3, -0.25) is 9.71 Å². The number of rotatable bonds is 5. The van der Waals surface area contributed by atoms with E-state index in [1.165, 1.54) is 10.7 Å². The largest absolute Gasteiger partial charge is 0.384 e. The summed E-state index contributed by atoms with van der Waals surface area (Å²) in [5, 5.41) is 7.58. The summed E-state index contributed by atoms with van der Waals surface area (Å²) in [4.78, 5) is 0. The molecule has 1 saturated carbocycles. The molecule has 21 heavy (non-hydrogen) atoms. The van der Waals surface area contributed by atoms with E-state index in [4.69, 9.17) is 11.1 Å². The van der Waals surface area contributed by atoms with Crippen LogP contribution in [0.2, 0.25) is 0 Å². The zero-order valence-electron chi connectivity index (χ0n) is 12.4. The Balaban J connectivity index is 2.21. The number of benzene rings is 1. The molecule has 1 aromatic rings. The van der Waals surface area contributed by atoms with Gasteiger partial charge < -0.3 is 5.73 Å². The first-order valence-corrected chi connectivity index (χ1v) is 8.93. The first-order valence-electron chi connectivity index (χ1n) is 7.32. The molecule has 0 amide bonds. The van der Waals surface area contributed by atoms with Crippen LogP contribution in [-0.4, -0.2) is 27.1 Å². The average molecular weight is 309 g/mol. The van der Waals surface area contributed by atoms with Crippen LogP contribution >= 0.6 is 0 Å². The molecule has 0 unspecified atom stereocenters. The summed E-state index contributed by atoms with van der Waals surface area (Å²) in [6.45, 7) is 0. The Morgan fingerprint density at radius 3 is 2.52 bits per heavy atom. The van der Waals surface area contributed by atoms with E-state index >= 15 is 0 Å². The Morgan fingerprint density at radius 2 is 1.90 bits per heavy atom. The maximum absolute atomic E-state index is 12.6. The highest BCUT2D eigenvalue weighted by Gasteiger charge is 2.26. The number of sulfonamides is 1. The number of para-hydroxylation sites is 1. The van der Waals surface area contributed by atoms with E-state index in [0.29, 0.717) is 11.3 Å². The van der Waals surface area contributed by atoms with E-state index in [0.717, 1.165) is 25.7 Å². The number of nitrogens with one attached hydrogen (secondary N) is 1. The number of hydrogen-bond acceptors (Lipinski definition) is 3. The molecule has 116 valence electrons. The summed E-state index contributed by atoms with van der Waals surface area (Å²) in [5.41, 5.74) is 6.47. The highest BCUT2D eigenvalue weighted by atomic mass is 32.2. The fourth-order valence-electron chi connectivity index (χ4n) is 2.89. The number of amidine groups is 1. The van der Waals surface area contributed by atoms with Crippen LogP contribution < -0.4 is 10.0 Å². The molecule has 1 aliphatic carbocycles. The zero-order valence-corrected chi connectivity index (χ0v) is 13.2. The molecule has 0 radical (unpaired) electrons. The summed E-state index contributed by atoms with van der Waals surface area (Å²) in [5.74, 6) is 0.302. The van der Waals surface area contributed by atoms with E-state index < -0.39 is 10.0 Å². The summed E-state index contributed by atoms with van der Waals surface area (Å²) in [7, 11) is -1.85. The molecule has 3 N–H and O–H groups in total. The summed E-state index contributed by atoms with van der Waals surface area (Å²) < 4.78 is 26.5. The van der Waals surface area contributed by atoms with Gasteiger partial charge >= 0.3 is 0 Å². The highest BCUT2D eigenvalue weighted by Crippen LogP contribution is 2.28. The standard InChI is InChI=1S/C15H23N3O2S/c1-18(14-10-6-5-9-13(14)15(16)17)21(19,20)11-12-7-3-2-4-8-12/h5-6,9-10,12H,2-4,7-8,11H2,1H3,(H3,16,17). The Kier molecular flexibility index (Phi) is 4.88. The SMILES string of the molecule is CN(c1ccccc1C(=N)N)S(=O)(=O)CC1CCCCC1. The van der Waals surface area contributed by atoms with Crippen LogP contribution in [0, 0.1) is 11.3 Å². The van der Waals surface area contributed by atoms with Gasteiger partial charge in [0.05, 0.1) is 11.4 Å². The fourth-order valence-corrected chi connectivity index (χ4v) is 4.50. The van der Waals surface area contributed by atoms with Gasteiger partial charge in [0.25, 0.3) is 0 Å².